The van der Waals surface area contributed by atoms with E-state index in [2.05, 4.69) is 15.3 Å². The molecule has 2 heterocycles. The third-order valence-corrected chi connectivity index (χ3v) is 5.73. The molecule has 0 unspecified atom stereocenters. The maximum atomic E-state index is 13.3. The highest BCUT2D eigenvalue weighted by Gasteiger charge is 2.30. The molecule has 34 heavy (non-hydrogen) atoms. The molecule has 2 aromatic carbocycles. The third-order valence-electron chi connectivity index (χ3n) is 4.75. The van der Waals surface area contributed by atoms with Crippen LogP contribution >= 0.6 is 11.8 Å². The normalized spacial score (nSPS) is 11.5. The Hall–Kier alpha value is -3.73. The average molecular weight is 488 g/mol. The van der Waals surface area contributed by atoms with Crippen LogP contribution in [0.1, 0.15) is 11.1 Å². The molecule has 0 radical (unpaired) electrons. The van der Waals surface area contributed by atoms with Gasteiger partial charge in [-0.05, 0) is 48.0 Å². The van der Waals surface area contributed by atoms with E-state index in [1.807, 2.05) is 0 Å². The lowest BCUT2D eigenvalue weighted by Gasteiger charge is -2.13. The molecule has 4 rings (SSSR count). The second-order valence-corrected chi connectivity index (χ2v) is 8.14. The van der Waals surface area contributed by atoms with Crippen molar-refractivity contribution in [3.8, 4) is 0 Å². The average Bonchev–Trinajstić information content (AvgIpc) is 2.81. The number of carbonyl (C=O) groups is 1. The summed E-state index contributed by atoms with van der Waals surface area (Å²) in [6.45, 7) is 0.0779. The van der Waals surface area contributed by atoms with Gasteiger partial charge in [0.1, 0.15) is 5.82 Å². The molecule has 1 amide bonds. The smallest absolute Gasteiger partial charge is 0.325 e. The number of alkyl halides is 3. The lowest BCUT2D eigenvalue weighted by Crippen LogP contribution is -2.25. The highest BCUT2D eigenvalue weighted by molar-refractivity contribution is 7.99. The standard InChI is InChI=1S/C23H16F4N4O2S/c24-16-8-6-14(7-9-16)12-31-21(33)18-5-2-10-28-20(18)30-22(31)34-13-19(32)29-17-4-1-3-15(11-17)23(25,26)27/h1-11H,12-13H2,(H,29,32). The second kappa shape index (κ2) is 9.64. The molecule has 0 bridgehead atoms. The van der Waals surface area contributed by atoms with Gasteiger partial charge in [0.2, 0.25) is 5.91 Å². The zero-order chi connectivity index (χ0) is 24.3. The van der Waals surface area contributed by atoms with Crippen LogP contribution in [0.5, 0.6) is 0 Å². The zero-order valence-corrected chi connectivity index (χ0v) is 18.2. The number of amides is 1. The molecule has 0 atom stereocenters. The Morgan fingerprint density at radius 2 is 1.82 bits per heavy atom. The van der Waals surface area contributed by atoms with Crippen molar-refractivity contribution in [2.24, 2.45) is 0 Å². The lowest BCUT2D eigenvalue weighted by atomic mass is 10.2. The number of aromatic nitrogens is 3. The number of anilines is 1. The van der Waals surface area contributed by atoms with Crippen molar-refractivity contribution < 1.29 is 22.4 Å². The van der Waals surface area contributed by atoms with Crippen LogP contribution in [0, 0.1) is 5.82 Å². The first-order valence-corrected chi connectivity index (χ1v) is 10.9. The number of fused-ring (bicyclic) bond motifs is 1. The number of hydrogen-bond donors (Lipinski definition) is 1. The second-order valence-electron chi connectivity index (χ2n) is 7.20. The number of benzene rings is 2. The number of nitrogens with one attached hydrogen (secondary N) is 1. The predicted octanol–water partition coefficient (Wildman–Crippen LogP) is 4.73. The van der Waals surface area contributed by atoms with Crippen molar-refractivity contribution in [1.82, 2.24) is 14.5 Å². The van der Waals surface area contributed by atoms with E-state index in [-0.39, 0.29) is 39.7 Å². The number of carbonyl (C=O) groups excluding carboxylic acids is 1. The van der Waals surface area contributed by atoms with Gasteiger partial charge in [0.15, 0.2) is 10.8 Å². The summed E-state index contributed by atoms with van der Waals surface area (Å²) >= 11 is 0.939. The molecule has 0 aliphatic carbocycles. The van der Waals surface area contributed by atoms with E-state index < -0.39 is 23.5 Å². The summed E-state index contributed by atoms with van der Waals surface area (Å²) in [5.41, 5.74) is -0.429. The van der Waals surface area contributed by atoms with Gasteiger partial charge < -0.3 is 5.32 Å². The number of hydrogen-bond acceptors (Lipinski definition) is 5. The van der Waals surface area contributed by atoms with Crippen LogP contribution in [-0.4, -0.2) is 26.2 Å². The highest BCUT2D eigenvalue weighted by Crippen LogP contribution is 2.30. The summed E-state index contributed by atoms with van der Waals surface area (Å²) in [5.74, 6) is -1.21. The number of pyridine rings is 1. The molecular formula is C23H16F4N4O2S. The number of halogens is 4. The summed E-state index contributed by atoms with van der Waals surface area (Å²) in [4.78, 5) is 34.0. The summed E-state index contributed by atoms with van der Waals surface area (Å²) in [5, 5.41) is 2.89. The van der Waals surface area contributed by atoms with E-state index in [1.165, 1.54) is 47.2 Å². The van der Waals surface area contributed by atoms with Gasteiger partial charge in [-0.15, -0.1) is 0 Å². The minimum absolute atomic E-state index is 0.00253. The van der Waals surface area contributed by atoms with Crippen LogP contribution in [0.3, 0.4) is 0 Å². The molecule has 0 aliphatic heterocycles. The van der Waals surface area contributed by atoms with Crippen LogP contribution in [0.15, 0.2) is 76.8 Å². The fraction of sp³-hybridized carbons (Fsp3) is 0.130. The van der Waals surface area contributed by atoms with Crippen molar-refractivity contribution in [2.75, 3.05) is 11.1 Å². The first-order valence-electron chi connectivity index (χ1n) is 9.90. The Balaban J connectivity index is 1.58. The largest absolute Gasteiger partial charge is 0.416 e. The molecule has 11 heteroatoms. The van der Waals surface area contributed by atoms with Crippen molar-refractivity contribution in [3.05, 3.63) is 94.2 Å². The van der Waals surface area contributed by atoms with Crippen molar-refractivity contribution in [1.29, 1.82) is 0 Å². The molecule has 2 aromatic heterocycles. The van der Waals surface area contributed by atoms with Crippen LogP contribution in [-0.2, 0) is 17.5 Å². The zero-order valence-electron chi connectivity index (χ0n) is 17.3. The van der Waals surface area contributed by atoms with Crippen LogP contribution in [0.25, 0.3) is 11.0 Å². The van der Waals surface area contributed by atoms with E-state index in [0.29, 0.717) is 5.56 Å². The summed E-state index contributed by atoms with van der Waals surface area (Å²) in [6, 6.07) is 13.1. The Morgan fingerprint density at radius 1 is 1.06 bits per heavy atom. The Kier molecular flexibility index (Phi) is 6.64. The molecule has 0 fully saturated rings. The first-order chi connectivity index (χ1) is 16.2. The van der Waals surface area contributed by atoms with E-state index >= 15 is 0 Å². The van der Waals surface area contributed by atoms with Gasteiger partial charge in [-0.25, -0.2) is 14.4 Å². The van der Waals surface area contributed by atoms with Gasteiger partial charge in [0.05, 0.1) is 23.2 Å². The van der Waals surface area contributed by atoms with Crippen LogP contribution in [0.2, 0.25) is 0 Å². The maximum absolute atomic E-state index is 13.3. The SMILES string of the molecule is O=C(CSc1nc2ncccc2c(=O)n1Cc1ccc(F)cc1)Nc1cccc(C(F)(F)F)c1. The number of rotatable bonds is 6. The van der Waals surface area contributed by atoms with Crippen molar-refractivity contribution in [2.45, 2.75) is 17.9 Å². The minimum Gasteiger partial charge on any atom is -0.325 e. The van der Waals surface area contributed by atoms with E-state index in [1.54, 1.807) is 12.1 Å². The van der Waals surface area contributed by atoms with E-state index in [4.69, 9.17) is 0 Å². The molecule has 174 valence electrons. The lowest BCUT2D eigenvalue weighted by molar-refractivity contribution is -0.137. The van der Waals surface area contributed by atoms with Gasteiger partial charge in [-0.2, -0.15) is 13.2 Å². The molecule has 1 N–H and O–H groups in total. The third kappa shape index (κ3) is 5.42. The van der Waals surface area contributed by atoms with Gasteiger partial charge in [0.25, 0.3) is 5.56 Å². The predicted molar refractivity (Wildman–Crippen MR) is 120 cm³/mol. The minimum atomic E-state index is -4.53. The Morgan fingerprint density at radius 3 is 2.56 bits per heavy atom. The molecule has 0 aliphatic rings. The number of nitrogens with zero attached hydrogens (tertiary/aromatic N) is 3. The van der Waals surface area contributed by atoms with Gasteiger partial charge in [0, 0.05) is 11.9 Å². The fourth-order valence-electron chi connectivity index (χ4n) is 3.16. The summed E-state index contributed by atoms with van der Waals surface area (Å²) in [7, 11) is 0. The molecule has 6 nitrogen and oxygen atoms in total. The van der Waals surface area contributed by atoms with Crippen LogP contribution < -0.4 is 10.9 Å². The van der Waals surface area contributed by atoms with E-state index in [0.717, 1.165) is 23.9 Å². The topological polar surface area (TPSA) is 76.9 Å². The van der Waals surface area contributed by atoms with Crippen LogP contribution in [0.4, 0.5) is 23.2 Å². The van der Waals surface area contributed by atoms with Gasteiger partial charge in [-0.3, -0.25) is 14.2 Å². The molecule has 4 aromatic rings. The van der Waals surface area contributed by atoms with Crippen molar-refractivity contribution in [3.63, 3.8) is 0 Å². The number of thioether (sulfide) groups is 1. The summed E-state index contributed by atoms with van der Waals surface area (Å²) < 4.78 is 53.3. The first kappa shape index (κ1) is 23.4. The Labute approximate surface area is 194 Å². The summed E-state index contributed by atoms with van der Waals surface area (Å²) in [6.07, 6.45) is -3.05. The molecule has 0 spiro atoms. The van der Waals surface area contributed by atoms with Crippen molar-refractivity contribution >= 4 is 34.4 Å². The molecule has 0 saturated carbocycles. The molecule has 0 saturated heterocycles. The molecular weight excluding hydrogens is 472 g/mol. The Bertz CT molecular complexity index is 1410. The highest BCUT2D eigenvalue weighted by atomic mass is 32.2. The maximum Gasteiger partial charge on any atom is 0.416 e. The fourth-order valence-corrected chi connectivity index (χ4v) is 3.95. The quantitative estimate of drug-likeness (QED) is 0.241. The van der Waals surface area contributed by atoms with Gasteiger partial charge in [-0.1, -0.05) is 30.0 Å². The van der Waals surface area contributed by atoms with E-state index in [9.17, 15) is 27.2 Å². The monoisotopic (exact) mass is 488 g/mol. The van der Waals surface area contributed by atoms with Gasteiger partial charge >= 0.3 is 6.18 Å².